The molecule has 0 fully saturated rings. The first-order valence-corrected chi connectivity index (χ1v) is 4.80. The molecule has 0 radical (unpaired) electrons. The molecule has 1 rings (SSSR count). The topological polar surface area (TPSA) is 49.3 Å². The number of benzene rings is 1. The van der Waals surface area contributed by atoms with Gasteiger partial charge in [0.15, 0.2) is 0 Å². The van der Waals surface area contributed by atoms with E-state index < -0.39 is 0 Å². The van der Waals surface area contributed by atoms with E-state index in [1.807, 2.05) is 6.92 Å². The number of halogens is 1. The fraction of sp³-hybridized carbons (Fsp3) is 0.300. The van der Waals surface area contributed by atoms with Crippen LogP contribution in [0.1, 0.15) is 19.8 Å². The standard InChI is InChI=1S/C10H12ClNO2/c1-2-4-9(14)12-10-7(11)5-3-6-8(10)13/h3,5-6,13H,2,4H2,1H3,(H,12,14). The second-order valence-corrected chi connectivity index (χ2v) is 3.34. The summed E-state index contributed by atoms with van der Waals surface area (Å²) in [4.78, 5) is 11.2. The molecule has 0 saturated heterocycles. The van der Waals surface area contributed by atoms with Crippen molar-refractivity contribution in [1.82, 2.24) is 0 Å². The highest BCUT2D eigenvalue weighted by atomic mass is 35.5. The summed E-state index contributed by atoms with van der Waals surface area (Å²) < 4.78 is 0. The van der Waals surface area contributed by atoms with Gasteiger partial charge in [-0.25, -0.2) is 0 Å². The summed E-state index contributed by atoms with van der Waals surface area (Å²) in [6.07, 6.45) is 1.18. The molecule has 2 N–H and O–H groups in total. The Morgan fingerprint density at radius 1 is 1.57 bits per heavy atom. The second kappa shape index (κ2) is 4.86. The van der Waals surface area contributed by atoms with E-state index in [1.54, 1.807) is 12.1 Å². The number of carbonyl (C=O) groups excluding carboxylic acids is 1. The average molecular weight is 214 g/mol. The minimum atomic E-state index is -0.143. The molecule has 0 unspecified atom stereocenters. The van der Waals surface area contributed by atoms with Crippen LogP contribution >= 0.6 is 11.6 Å². The highest BCUT2D eigenvalue weighted by Crippen LogP contribution is 2.30. The number of rotatable bonds is 3. The normalized spacial score (nSPS) is 9.86. The van der Waals surface area contributed by atoms with E-state index in [9.17, 15) is 9.90 Å². The van der Waals surface area contributed by atoms with Crippen molar-refractivity contribution in [2.24, 2.45) is 0 Å². The number of phenolic OH excluding ortho intramolecular Hbond substituents is 1. The number of nitrogens with one attached hydrogen (secondary N) is 1. The Kier molecular flexibility index (Phi) is 3.77. The smallest absolute Gasteiger partial charge is 0.224 e. The first-order chi connectivity index (χ1) is 6.65. The van der Waals surface area contributed by atoms with Crippen molar-refractivity contribution in [3.05, 3.63) is 23.2 Å². The van der Waals surface area contributed by atoms with E-state index in [1.165, 1.54) is 6.07 Å². The van der Waals surface area contributed by atoms with Crippen LogP contribution in [-0.2, 0) is 4.79 Å². The molecule has 0 aliphatic heterocycles. The third-order valence-corrected chi connectivity index (χ3v) is 2.05. The average Bonchev–Trinajstić information content (AvgIpc) is 2.12. The zero-order chi connectivity index (χ0) is 10.6. The summed E-state index contributed by atoms with van der Waals surface area (Å²) in [5.41, 5.74) is 0.285. The maximum atomic E-state index is 11.2. The van der Waals surface area contributed by atoms with Crippen LogP contribution in [0.25, 0.3) is 0 Å². The zero-order valence-corrected chi connectivity index (χ0v) is 8.64. The molecule has 0 bridgehead atoms. The molecule has 0 aliphatic rings. The fourth-order valence-corrected chi connectivity index (χ4v) is 1.28. The largest absolute Gasteiger partial charge is 0.506 e. The van der Waals surface area contributed by atoms with Crippen LogP contribution in [0.3, 0.4) is 0 Å². The highest BCUT2D eigenvalue weighted by Gasteiger charge is 2.08. The number of para-hydroxylation sites is 1. The number of amides is 1. The molecule has 1 aromatic rings. The molecule has 14 heavy (non-hydrogen) atoms. The van der Waals surface area contributed by atoms with E-state index in [2.05, 4.69) is 5.32 Å². The van der Waals surface area contributed by atoms with E-state index in [0.717, 1.165) is 6.42 Å². The Hall–Kier alpha value is -1.22. The van der Waals surface area contributed by atoms with Crippen molar-refractivity contribution in [2.75, 3.05) is 5.32 Å². The van der Waals surface area contributed by atoms with Crippen molar-refractivity contribution < 1.29 is 9.90 Å². The molecule has 76 valence electrons. The molecular weight excluding hydrogens is 202 g/mol. The van der Waals surface area contributed by atoms with Crippen LogP contribution in [0.2, 0.25) is 5.02 Å². The number of hydrogen-bond donors (Lipinski definition) is 2. The first-order valence-electron chi connectivity index (χ1n) is 4.42. The molecule has 0 spiro atoms. The molecule has 0 atom stereocenters. The van der Waals surface area contributed by atoms with Crippen molar-refractivity contribution in [2.45, 2.75) is 19.8 Å². The number of phenols is 1. The third kappa shape index (κ3) is 2.64. The summed E-state index contributed by atoms with van der Waals surface area (Å²) in [6.45, 7) is 1.91. The second-order valence-electron chi connectivity index (χ2n) is 2.93. The van der Waals surface area contributed by atoms with Crippen molar-refractivity contribution >= 4 is 23.2 Å². The molecule has 1 aromatic carbocycles. The summed E-state index contributed by atoms with van der Waals surface area (Å²) >= 11 is 5.80. The quantitative estimate of drug-likeness (QED) is 0.759. The van der Waals surface area contributed by atoms with Crippen molar-refractivity contribution in [3.63, 3.8) is 0 Å². The van der Waals surface area contributed by atoms with Crippen molar-refractivity contribution in [1.29, 1.82) is 0 Å². The minimum Gasteiger partial charge on any atom is -0.506 e. The van der Waals surface area contributed by atoms with Crippen LogP contribution in [0.15, 0.2) is 18.2 Å². The molecule has 0 saturated carbocycles. The number of aromatic hydroxyl groups is 1. The monoisotopic (exact) mass is 213 g/mol. The van der Waals surface area contributed by atoms with Crippen LogP contribution in [0.4, 0.5) is 5.69 Å². The van der Waals surface area contributed by atoms with Crippen LogP contribution in [0, 0.1) is 0 Å². The zero-order valence-electron chi connectivity index (χ0n) is 7.88. The third-order valence-electron chi connectivity index (χ3n) is 1.73. The lowest BCUT2D eigenvalue weighted by atomic mass is 10.2. The maximum Gasteiger partial charge on any atom is 0.224 e. The van der Waals surface area contributed by atoms with E-state index in [4.69, 9.17) is 11.6 Å². The molecule has 1 amide bonds. The SMILES string of the molecule is CCCC(=O)Nc1c(O)cccc1Cl. The number of carbonyl (C=O) groups is 1. The van der Waals surface area contributed by atoms with E-state index in [0.29, 0.717) is 11.4 Å². The van der Waals surface area contributed by atoms with Gasteiger partial charge in [-0.3, -0.25) is 4.79 Å². The number of hydrogen-bond acceptors (Lipinski definition) is 2. The van der Waals surface area contributed by atoms with E-state index in [-0.39, 0.29) is 17.3 Å². The Balaban J connectivity index is 2.80. The summed E-state index contributed by atoms with van der Waals surface area (Å²) in [5.74, 6) is -0.155. The van der Waals surface area contributed by atoms with Gasteiger partial charge in [0, 0.05) is 6.42 Å². The summed E-state index contributed by atoms with van der Waals surface area (Å²) in [7, 11) is 0. The van der Waals surface area contributed by atoms with Crippen molar-refractivity contribution in [3.8, 4) is 5.75 Å². The molecule has 4 heteroatoms. The van der Waals surface area contributed by atoms with Gasteiger partial charge in [0.2, 0.25) is 5.91 Å². The van der Waals surface area contributed by atoms with Gasteiger partial charge < -0.3 is 10.4 Å². The van der Waals surface area contributed by atoms with Gasteiger partial charge in [-0.05, 0) is 18.6 Å². The Bertz CT molecular complexity index is 319. The van der Waals surface area contributed by atoms with Gasteiger partial charge in [-0.15, -0.1) is 0 Å². The first kappa shape index (κ1) is 10.9. The molecule has 0 aliphatic carbocycles. The van der Waals surface area contributed by atoms with Crippen LogP contribution < -0.4 is 5.32 Å². The predicted molar refractivity (Wildman–Crippen MR) is 56.7 cm³/mol. The summed E-state index contributed by atoms with van der Waals surface area (Å²) in [5, 5.41) is 12.3. The van der Waals surface area contributed by atoms with Gasteiger partial charge in [-0.2, -0.15) is 0 Å². The molecule has 3 nitrogen and oxygen atoms in total. The lowest BCUT2D eigenvalue weighted by Gasteiger charge is -2.07. The Morgan fingerprint density at radius 2 is 2.29 bits per heavy atom. The lowest BCUT2D eigenvalue weighted by Crippen LogP contribution is -2.10. The Labute approximate surface area is 87.7 Å². The van der Waals surface area contributed by atoms with Crippen LogP contribution in [0.5, 0.6) is 5.75 Å². The predicted octanol–water partition coefficient (Wildman–Crippen LogP) is 2.78. The van der Waals surface area contributed by atoms with Gasteiger partial charge in [0.25, 0.3) is 0 Å². The molecule has 0 aromatic heterocycles. The van der Waals surface area contributed by atoms with Gasteiger partial charge in [-0.1, -0.05) is 24.6 Å². The summed E-state index contributed by atoms with van der Waals surface area (Å²) in [6, 6.07) is 4.71. The van der Waals surface area contributed by atoms with Gasteiger partial charge >= 0.3 is 0 Å². The van der Waals surface area contributed by atoms with Crippen LogP contribution in [-0.4, -0.2) is 11.0 Å². The minimum absolute atomic E-state index is 0.0121. The Morgan fingerprint density at radius 3 is 2.86 bits per heavy atom. The fourth-order valence-electron chi connectivity index (χ4n) is 1.07. The lowest BCUT2D eigenvalue weighted by molar-refractivity contribution is -0.116. The highest BCUT2D eigenvalue weighted by molar-refractivity contribution is 6.34. The van der Waals surface area contributed by atoms with Gasteiger partial charge in [0.05, 0.1) is 5.02 Å². The van der Waals surface area contributed by atoms with Gasteiger partial charge in [0.1, 0.15) is 11.4 Å². The molecule has 0 heterocycles. The van der Waals surface area contributed by atoms with E-state index >= 15 is 0 Å². The molecular formula is C10H12ClNO2. The number of anilines is 1. The maximum absolute atomic E-state index is 11.2.